The third-order valence-corrected chi connectivity index (χ3v) is 9.61. The molecule has 0 aliphatic carbocycles. The Bertz CT molecular complexity index is 1730. The smallest absolute Gasteiger partial charge is 0.264 e. The quantitative estimate of drug-likeness (QED) is 0.194. The average molecular weight is 648 g/mol. The number of aryl methyl sites for hydroxylation is 2. The Morgan fingerprint density at radius 3 is 2.20 bits per heavy atom. The number of methoxy groups -OCH3 is 1. The van der Waals surface area contributed by atoms with Crippen LogP contribution in [-0.2, 0) is 32.6 Å². The molecule has 0 heterocycles. The van der Waals surface area contributed by atoms with Gasteiger partial charge in [-0.2, -0.15) is 0 Å². The molecule has 0 aliphatic heterocycles. The molecule has 0 saturated carbocycles. The fourth-order valence-corrected chi connectivity index (χ4v) is 6.49. The lowest BCUT2D eigenvalue weighted by Gasteiger charge is -2.34. The predicted molar refractivity (Wildman–Crippen MR) is 178 cm³/mol. The molecule has 45 heavy (non-hydrogen) atoms. The summed E-state index contributed by atoms with van der Waals surface area (Å²) in [5.74, 6) is -0.281. The number of likely N-dealkylation sites (N-methyl/N-ethyl adjacent to an activating group) is 1. The molecule has 236 valence electrons. The first-order chi connectivity index (χ1) is 21.5. The average Bonchev–Trinajstić information content (AvgIpc) is 3.03. The Morgan fingerprint density at radius 2 is 1.56 bits per heavy atom. The number of hydrogen-bond acceptors (Lipinski definition) is 5. The van der Waals surface area contributed by atoms with Gasteiger partial charge >= 0.3 is 0 Å². The van der Waals surface area contributed by atoms with E-state index in [9.17, 15) is 18.0 Å². The van der Waals surface area contributed by atoms with E-state index in [2.05, 4.69) is 5.32 Å². The Balaban J connectivity index is 1.82. The Morgan fingerprint density at radius 1 is 0.867 bits per heavy atom. The van der Waals surface area contributed by atoms with Crippen LogP contribution in [0.25, 0.3) is 0 Å². The minimum atomic E-state index is -4.22. The van der Waals surface area contributed by atoms with Gasteiger partial charge in [-0.25, -0.2) is 8.42 Å². The van der Waals surface area contributed by atoms with Crippen molar-refractivity contribution >= 4 is 39.1 Å². The highest BCUT2D eigenvalue weighted by Crippen LogP contribution is 2.28. The number of benzene rings is 4. The summed E-state index contributed by atoms with van der Waals surface area (Å²) in [6.45, 7) is 5.50. The van der Waals surface area contributed by atoms with Crippen LogP contribution in [0.4, 0.5) is 5.69 Å². The van der Waals surface area contributed by atoms with Gasteiger partial charge in [-0.3, -0.25) is 13.9 Å². The number of halogens is 1. The van der Waals surface area contributed by atoms with E-state index < -0.39 is 28.5 Å². The number of nitrogens with one attached hydrogen (secondary N) is 1. The molecule has 0 saturated heterocycles. The second-order valence-corrected chi connectivity index (χ2v) is 13.0. The SMILES string of the molecule is CCNC(=O)C(Cc1ccccc1)N(Cc1cccc(OC)c1)C(=O)CN(c1ccc(C)c(C)c1)S(=O)(=O)c1ccc(Cl)cc1. The Hall–Kier alpha value is -4.34. The molecule has 0 spiro atoms. The van der Waals surface area contributed by atoms with Crippen LogP contribution in [0, 0.1) is 13.8 Å². The molecule has 4 aromatic carbocycles. The monoisotopic (exact) mass is 647 g/mol. The summed E-state index contributed by atoms with van der Waals surface area (Å²) in [6, 6.07) is 26.8. The largest absolute Gasteiger partial charge is 0.497 e. The number of ether oxygens (including phenoxy) is 1. The summed E-state index contributed by atoms with van der Waals surface area (Å²) >= 11 is 6.06. The maximum absolute atomic E-state index is 14.5. The van der Waals surface area contributed by atoms with E-state index in [4.69, 9.17) is 16.3 Å². The summed E-state index contributed by atoms with van der Waals surface area (Å²) in [5.41, 5.74) is 3.77. The minimum absolute atomic E-state index is 0.0122. The molecule has 0 radical (unpaired) electrons. The first-order valence-electron chi connectivity index (χ1n) is 14.6. The van der Waals surface area contributed by atoms with Crippen molar-refractivity contribution in [2.75, 3.05) is 24.5 Å². The second-order valence-electron chi connectivity index (χ2n) is 10.7. The zero-order valence-corrected chi connectivity index (χ0v) is 27.4. The van der Waals surface area contributed by atoms with Crippen LogP contribution in [-0.4, -0.2) is 51.4 Å². The summed E-state index contributed by atoms with van der Waals surface area (Å²) in [4.78, 5) is 29.6. The summed E-state index contributed by atoms with van der Waals surface area (Å²) in [6.07, 6.45) is 0.232. The number of carbonyl (C=O) groups excluding carboxylic acids is 2. The van der Waals surface area contributed by atoms with Crippen molar-refractivity contribution < 1.29 is 22.7 Å². The van der Waals surface area contributed by atoms with Crippen molar-refractivity contribution in [2.24, 2.45) is 0 Å². The van der Waals surface area contributed by atoms with Gasteiger partial charge < -0.3 is 15.0 Å². The maximum atomic E-state index is 14.5. The van der Waals surface area contributed by atoms with E-state index in [0.29, 0.717) is 23.0 Å². The number of anilines is 1. The van der Waals surface area contributed by atoms with Gasteiger partial charge in [0.1, 0.15) is 18.3 Å². The zero-order chi connectivity index (χ0) is 32.6. The standard InChI is InChI=1S/C35H38ClN3O5S/c1-5-37-35(41)33(22-27-10-7-6-8-11-27)38(23-28-12-9-13-31(21-28)44-4)34(40)24-39(30-17-14-25(2)26(3)20-30)45(42,43)32-18-15-29(36)16-19-32/h6-21,33H,5,22-24H2,1-4H3,(H,37,41). The van der Waals surface area contributed by atoms with Crippen LogP contribution >= 0.6 is 11.6 Å². The van der Waals surface area contributed by atoms with Crippen LogP contribution in [0.5, 0.6) is 5.75 Å². The van der Waals surface area contributed by atoms with E-state index in [1.165, 1.54) is 29.2 Å². The lowest BCUT2D eigenvalue weighted by Crippen LogP contribution is -2.53. The van der Waals surface area contributed by atoms with Gasteiger partial charge in [0.15, 0.2) is 0 Å². The molecular formula is C35H38ClN3O5S. The van der Waals surface area contributed by atoms with E-state index in [0.717, 1.165) is 26.6 Å². The normalized spacial score (nSPS) is 11.8. The molecule has 0 aliphatic rings. The molecule has 8 nitrogen and oxygen atoms in total. The number of sulfonamides is 1. The van der Waals surface area contributed by atoms with Gasteiger partial charge in [0, 0.05) is 24.5 Å². The molecule has 4 rings (SSSR count). The maximum Gasteiger partial charge on any atom is 0.264 e. The van der Waals surface area contributed by atoms with Crippen molar-refractivity contribution in [3.63, 3.8) is 0 Å². The van der Waals surface area contributed by atoms with Crippen molar-refractivity contribution in [1.82, 2.24) is 10.2 Å². The van der Waals surface area contributed by atoms with Gasteiger partial charge in [0.05, 0.1) is 17.7 Å². The third kappa shape index (κ3) is 8.44. The van der Waals surface area contributed by atoms with Crippen molar-refractivity contribution in [3.8, 4) is 5.75 Å². The second kappa shape index (κ2) is 15.1. The zero-order valence-electron chi connectivity index (χ0n) is 25.9. The van der Waals surface area contributed by atoms with Crippen LogP contribution in [0.1, 0.15) is 29.2 Å². The molecule has 1 N–H and O–H groups in total. The molecule has 0 aromatic heterocycles. The number of amides is 2. The van der Waals surface area contributed by atoms with Crippen molar-refractivity contribution in [2.45, 2.75) is 44.7 Å². The van der Waals surface area contributed by atoms with E-state index in [-0.39, 0.29) is 23.8 Å². The van der Waals surface area contributed by atoms with Gasteiger partial charge in [0.25, 0.3) is 10.0 Å². The number of rotatable bonds is 13. The molecule has 4 aromatic rings. The number of hydrogen-bond donors (Lipinski definition) is 1. The highest BCUT2D eigenvalue weighted by molar-refractivity contribution is 7.92. The van der Waals surface area contributed by atoms with Gasteiger partial charge in [0.2, 0.25) is 11.8 Å². The molecule has 1 unspecified atom stereocenters. The summed E-state index contributed by atoms with van der Waals surface area (Å²) in [5, 5.41) is 3.25. The summed E-state index contributed by atoms with van der Waals surface area (Å²) in [7, 11) is -2.67. The van der Waals surface area contributed by atoms with Crippen LogP contribution in [0.15, 0.2) is 102 Å². The van der Waals surface area contributed by atoms with Gasteiger partial charge in [-0.1, -0.05) is 60.1 Å². The Labute approximate surface area is 270 Å². The van der Waals surface area contributed by atoms with Crippen LogP contribution in [0.3, 0.4) is 0 Å². The molecule has 0 bridgehead atoms. The summed E-state index contributed by atoms with van der Waals surface area (Å²) < 4.78 is 34.8. The molecule has 10 heteroatoms. The molecule has 0 fully saturated rings. The predicted octanol–water partition coefficient (Wildman–Crippen LogP) is 5.94. The lowest BCUT2D eigenvalue weighted by atomic mass is 10.0. The first kappa shape index (κ1) is 33.6. The first-order valence-corrected chi connectivity index (χ1v) is 16.4. The van der Waals surface area contributed by atoms with Crippen molar-refractivity contribution in [3.05, 3.63) is 124 Å². The van der Waals surface area contributed by atoms with Crippen molar-refractivity contribution in [1.29, 1.82) is 0 Å². The Kier molecular flexibility index (Phi) is 11.3. The highest BCUT2D eigenvalue weighted by Gasteiger charge is 2.34. The van der Waals surface area contributed by atoms with Gasteiger partial charge in [-0.15, -0.1) is 0 Å². The minimum Gasteiger partial charge on any atom is -0.497 e. The topological polar surface area (TPSA) is 96.0 Å². The fourth-order valence-electron chi connectivity index (χ4n) is 4.96. The molecular weight excluding hydrogens is 610 g/mol. The highest BCUT2D eigenvalue weighted by atomic mass is 35.5. The third-order valence-electron chi connectivity index (χ3n) is 7.57. The number of nitrogens with zero attached hydrogens (tertiary/aromatic N) is 2. The fraction of sp³-hybridized carbons (Fsp3) is 0.257. The lowest BCUT2D eigenvalue weighted by molar-refractivity contribution is -0.140. The van der Waals surface area contributed by atoms with Crippen LogP contribution < -0.4 is 14.4 Å². The molecule has 1 atom stereocenters. The van der Waals surface area contributed by atoms with Crippen LogP contribution in [0.2, 0.25) is 5.02 Å². The molecule has 2 amide bonds. The number of carbonyl (C=O) groups is 2. The van der Waals surface area contributed by atoms with E-state index in [1.807, 2.05) is 69.3 Å². The van der Waals surface area contributed by atoms with Gasteiger partial charge in [-0.05, 0) is 91.6 Å². The van der Waals surface area contributed by atoms with E-state index >= 15 is 0 Å². The van der Waals surface area contributed by atoms with E-state index in [1.54, 1.807) is 31.4 Å².